The summed E-state index contributed by atoms with van der Waals surface area (Å²) in [5.41, 5.74) is 2.71. The number of amides is 1. The smallest absolute Gasteiger partial charge is 0.224 e. The van der Waals surface area contributed by atoms with Crippen LogP contribution in [0.15, 0.2) is 54.0 Å². The third-order valence-corrected chi connectivity index (χ3v) is 4.37. The van der Waals surface area contributed by atoms with Crippen molar-refractivity contribution in [2.75, 3.05) is 5.32 Å². The molecule has 0 saturated carbocycles. The zero-order valence-corrected chi connectivity index (χ0v) is 13.1. The molecule has 1 amide bonds. The summed E-state index contributed by atoms with van der Waals surface area (Å²) in [6.07, 6.45) is 2.94. The minimum Gasteiger partial charge on any atom is -0.323 e. The van der Waals surface area contributed by atoms with Crippen molar-refractivity contribution in [3.63, 3.8) is 0 Å². The number of rotatable bonds is 5. The number of thiophene rings is 1. The predicted molar refractivity (Wildman–Crippen MR) is 89.9 cm³/mol. The van der Waals surface area contributed by atoms with Crippen LogP contribution in [-0.2, 0) is 18.3 Å². The van der Waals surface area contributed by atoms with Gasteiger partial charge in [0.25, 0.3) is 0 Å². The van der Waals surface area contributed by atoms with E-state index in [1.54, 1.807) is 22.2 Å². The molecule has 3 aromatic rings. The van der Waals surface area contributed by atoms with Crippen LogP contribution in [0.3, 0.4) is 0 Å². The van der Waals surface area contributed by atoms with E-state index in [9.17, 15) is 4.79 Å². The van der Waals surface area contributed by atoms with Crippen molar-refractivity contribution in [3.8, 4) is 11.3 Å². The van der Waals surface area contributed by atoms with Crippen molar-refractivity contribution >= 4 is 22.9 Å². The number of nitrogens with one attached hydrogen (secondary N) is 1. The van der Waals surface area contributed by atoms with E-state index >= 15 is 0 Å². The van der Waals surface area contributed by atoms with Gasteiger partial charge in [0, 0.05) is 23.9 Å². The van der Waals surface area contributed by atoms with Crippen molar-refractivity contribution < 1.29 is 4.79 Å². The predicted octanol–water partition coefficient (Wildman–Crippen LogP) is 3.72. The number of benzene rings is 1. The van der Waals surface area contributed by atoms with E-state index in [-0.39, 0.29) is 5.91 Å². The molecule has 112 valence electrons. The second-order valence-corrected chi connectivity index (χ2v) is 6.06. The molecule has 3 rings (SSSR count). The second-order valence-electron chi connectivity index (χ2n) is 5.02. The van der Waals surface area contributed by atoms with Crippen LogP contribution in [0.4, 0.5) is 5.69 Å². The van der Waals surface area contributed by atoms with Gasteiger partial charge >= 0.3 is 0 Å². The van der Waals surface area contributed by atoms with Gasteiger partial charge in [0.2, 0.25) is 5.91 Å². The van der Waals surface area contributed by atoms with Crippen molar-refractivity contribution in [2.24, 2.45) is 7.05 Å². The van der Waals surface area contributed by atoms with Crippen LogP contribution >= 0.6 is 11.3 Å². The maximum Gasteiger partial charge on any atom is 0.224 e. The Morgan fingerprint density at radius 2 is 2.05 bits per heavy atom. The molecule has 0 spiro atoms. The summed E-state index contributed by atoms with van der Waals surface area (Å²) >= 11 is 1.68. The molecular formula is C17H17N3OS. The first-order chi connectivity index (χ1) is 10.7. The zero-order valence-electron chi connectivity index (χ0n) is 12.3. The van der Waals surface area contributed by atoms with Crippen LogP contribution in [0, 0.1) is 0 Å². The van der Waals surface area contributed by atoms with Gasteiger partial charge in [-0.1, -0.05) is 36.4 Å². The Kier molecular flexibility index (Phi) is 4.34. The number of hydrogen-bond donors (Lipinski definition) is 1. The van der Waals surface area contributed by atoms with Gasteiger partial charge in [0.15, 0.2) is 0 Å². The number of carbonyl (C=O) groups excluding carboxylic acids is 1. The van der Waals surface area contributed by atoms with Crippen LogP contribution in [0.5, 0.6) is 0 Å². The van der Waals surface area contributed by atoms with Crippen molar-refractivity contribution in [2.45, 2.75) is 12.8 Å². The van der Waals surface area contributed by atoms with Crippen LogP contribution < -0.4 is 5.32 Å². The standard InChI is InChI=1S/C17H17N3OS/c1-20-17(13-6-3-2-4-7-13)15(12-18-20)19-16(21)10-9-14-8-5-11-22-14/h2-8,11-12H,9-10H2,1H3,(H,19,21). The third kappa shape index (κ3) is 3.26. The number of hydrogen-bond acceptors (Lipinski definition) is 3. The SMILES string of the molecule is Cn1ncc(NC(=O)CCc2cccs2)c1-c1ccccc1. The maximum absolute atomic E-state index is 12.2. The quantitative estimate of drug-likeness (QED) is 0.780. The van der Waals surface area contributed by atoms with Gasteiger partial charge in [-0.3, -0.25) is 9.48 Å². The van der Waals surface area contributed by atoms with E-state index in [2.05, 4.69) is 16.5 Å². The Balaban J connectivity index is 1.72. The van der Waals surface area contributed by atoms with Gasteiger partial charge in [-0.05, 0) is 17.9 Å². The lowest BCUT2D eigenvalue weighted by atomic mass is 10.1. The summed E-state index contributed by atoms with van der Waals surface area (Å²) in [7, 11) is 1.88. The molecule has 0 unspecified atom stereocenters. The molecule has 2 aromatic heterocycles. The Hall–Kier alpha value is -2.40. The fraction of sp³-hybridized carbons (Fsp3) is 0.176. The van der Waals surface area contributed by atoms with Gasteiger partial charge in [0.1, 0.15) is 0 Å². The summed E-state index contributed by atoms with van der Waals surface area (Å²) in [5, 5.41) is 9.26. The first-order valence-electron chi connectivity index (χ1n) is 7.13. The highest BCUT2D eigenvalue weighted by atomic mass is 32.1. The molecule has 0 aliphatic rings. The van der Waals surface area contributed by atoms with Gasteiger partial charge in [-0.25, -0.2) is 0 Å². The zero-order chi connectivity index (χ0) is 15.4. The van der Waals surface area contributed by atoms with Crippen molar-refractivity contribution in [1.29, 1.82) is 0 Å². The Morgan fingerprint density at radius 3 is 2.77 bits per heavy atom. The molecule has 22 heavy (non-hydrogen) atoms. The molecular weight excluding hydrogens is 294 g/mol. The van der Waals surface area contributed by atoms with E-state index in [1.165, 1.54) is 4.88 Å². The summed E-state index contributed by atoms with van der Waals surface area (Å²) in [5.74, 6) is 0.0126. The molecule has 0 atom stereocenters. The summed E-state index contributed by atoms with van der Waals surface area (Å²) in [6.45, 7) is 0. The van der Waals surface area contributed by atoms with Gasteiger partial charge in [-0.2, -0.15) is 5.10 Å². The minimum absolute atomic E-state index is 0.0126. The highest BCUT2D eigenvalue weighted by molar-refractivity contribution is 7.09. The Bertz CT molecular complexity index is 748. The number of carbonyl (C=O) groups is 1. The molecule has 0 aliphatic carbocycles. The summed E-state index contributed by atoms with van der Waals surface area (Å²) in [6, 6.07) is 14.0. The van der Waals surface area contributed by atoms with E-state index in [1.807, 2.05) is 48.8 Å². The monoisotopic (exact) mass is 311 g/mol. The molecule has 5 heteroatoms. The highest BCUT2D eigenvalue weighted by Crippen LogP contribution is 2.27. The maximum atomic E-state index is 12.2. The van der Waals surface area contributed by atoms with Gasteiger partial charge in [-0.15, -0.1) is 11.3 Å². The first-order valence-corrected chi connectivity index (χ1v) is 8.01. The number of anilines is 1. The van der Waals surface area contributed by atoms with E-state index in [4.69, 9.17) is 0 Å². The number of aromatic nitrogens is 2. The topological polar surface area (TPSA) is 46.9 Å². The van der Waals surface area contributed by atoms with E-state index < -0.39 is 0 Å². The normalized spacial score (nSPS) is 10.6. The lowest BCUT2D eigenvalue weighted by Crippen LogP contribution is -2.12. The average molecular weight is 311 g/mol. The lowest BCUT2D eigenvalue weighted by Gasteiger charge is -2.08. The van der Waals surface area contributed by atoms with Crippen LogP contribution in [0.2, 0.25) is 0 Å². The van der Waals surface area contributed by atoms with Gasteiger partial charge < -0.3 is 5.32 Å². The molecule has 0 radical (unpaired) electrons. The fourth-order valence-corrected chi connectivity index (χ4v) is 3.08. The number of aryl methyl sites for hydroxylation is 2. The van der Waals surface area contributed by atoms with Gasteiger partial charge in [0.05, 0.1) is 17.6 Å². The molecule has 0 bridgehead atoms. The fourth-order valence-electron chi connectivity index (χ4n) is 2.37. The summed E-state index contributed by atoms with van der Waals surface area (Å²) in [4.78, 5) is 13.4. The Labute approximate surface area is 133 Å². The molecule has 2 heterocycles. The van der Waals surface area contributed by atoms with Crippen LogP contribution in [0.1, 0.15) is 11.3 Å². The first kappa shape index (κ1) is 14.5. The minimum atomic E-state index is 0.0126. The molecule has 0 aliphatic heterocycles. The molecule has 0 fully saturated rings. The van der Waals surface area contributed by atoms with E-state index in [0.717, 1.165) is 23.4 Å². The molecule has 1 aromatic carbocycles. The Morgan fingerprint density at radius 1 is 1.23 bits per heavy atom. The van der Waals surface area contributed by atoms with Crippen LogP contribution in [-0.4, -0.2) is 15.7 Å². The molecule has 0 saturated heterocycles. The average Bonchev–Trinajstić information content (AvgIpc) is 3.16. The largest absolute Gasteiger partial charge is 0.323 e. The van der Waals surface area contributed by atoms with E-state index in [0.29, 0.717) is 6.42 Å². The van der Waals surface area contributed by atoms with Crippen molar-refractivity contribution in [1.82, 2.24) is 9.78 Å². The summed E-state index contributed by atoms with van der Waals surface area (Å²) < 4.78 is 1.78. The second kappa shape index (κ2) is 6.58. The lowest BCUT2D eigenvalue weighted by molar-refractivity contribution is -0.116. The molecule has 4 nitrogen and oxygen atoms in total. The number of nitrogens with zero attached hydrogens (tertiary/aromatic N) is 2. The van der Waals surface area contributed by atoms with Crippen molar-refractivity contribution in [3.05, 3.63) is 58.9 Å². The van der Waals surface area contributed by atoms with Crippen LogP contribution in [0.25, 0.3) is 11.3 Å². The third-order valence-electron chi connectivity index (χ3n) is 3.44. The highest BCUT2D eigenvalue weighted by Gasteiger charge is 2.13. The molecule has 1 N–H and O–H groups in total.